The molecule has 1 rings (SSSR count). The highest BCUT2D eigenvalue weighted by molar-refractivity contribution is 8.02. The second kappa shape index (κ2) is 5.84. The lowest BCUT2D eigenvalue weighted by Crippen LogP contribution is -1.93. The van der Waals surface area contributed by atoms with Gasteiger partial charge in [-0.1, -0.05) is 43.0 Å². The zero-order chi connectivity index (χ0) is 9.52. The van der Waals surface area contributed by atoms with Gasteiger partial charge < -0.3 is 5.11 Å². The Morgan fingerprint density at radius 2 is 2.08 bits per heavy atom. The van der Waals surface area contributed by atoms with Crippen LogP contribution in [0.25, 0.3) is 0 Å². The topological polar surface area (TPSA) is 20.2 Å². The summed E-state index contributed by atoms with van der Waals surface area (Å²) in [5.41, 5.74) is 0. The molecule has 0 aliphatic rings. The maximum absolute atomic E-state index is 8.77. The van der Waals surface area contributed by atoms with Crippen molar-refractivity contribution in [3.05, 3.63) is 41.8 Å². The summed E-state index contributed by atoms with van der Waals surface area (Å²) < 4.78 is 0. The maximum Gasteiger partial charge on any atom is 0.0491 e. The molecule has 1 nitrogen and oxygen atoms in total. The van der Waals surface area contributed by atoms with Gasteiger partial charge in [0.25, 0.3) is 0 Å². The lowest BCUT2D eigenvalue weighted by Gasteiger charge is -1.98. The van der Waals surface area contributed by atoms with E-state index >= 15 is 0 Å². The van der Waals surface area contributed by atoms with Crippen molar-refractivity contribution in [3.63, 3.8) is 0 Å². The first kappa shape index (κ1) is 10.4. The molecule has 0 aliphatic carbocycles. The molecule has 2 heteroatoms. The summed E-state index contributed by atoms with van der Waals surface area (Å²) >= 11 is 1.67. The standard InChI is InChI=1S/C11H14OS/c1-10(9-12)7-8-13-11-5-3-2-4-6-11/h2-8,10,12H,9H2,1H3/b8-7+/t10-/m0/s1. The second-order valence-electron chi connectivity index (χ2n) is 2.92. The number of rotatable bonds is 4. The number of aliphatic hydroxyl groups is 1. The molecule has 1 aromatic carbocycles. The molecule has 0 aromatic heterocycles. The van der Waals surface area contributed by atoms with Crippen LogP contribution < -0.4 is 0 Å². The van der Waals surface area contributed by atoms with Gasteiger partial charge in [0.05, 0.1) is 0 Å². The normalized spacial score (nSPS) is 13.4. The zero-order valence-corrected chi connectivity index (χ0v) is 8.50. The first-order chi connectivity index (χ1) is 6.33. The maximum atomic E-state index is 8.77. The number of hydrogen-bond acceptors (Lipinski definition) is 2. The van der Waals surface area contributed by atoms with Crippen LogP contribution in [0, 0.1) is 5.92 Å². The lowest BCUT2D eigenvalue weighted by molar-refractivity contribution is 0.262. The number of thioether (sulfide) groups is 1. The third kappa shape index (κ3) is 4.15. The van der Waals surface area contributed by atoms with Crippen LogP contribution in [0.3, 0.4) is 0 Å². The van der Waals surface area contributed by atoms with E-state index in [1.165, 1.54) is 4.90 Å². The van der Waals surface area contributed by atoms with E-state index in [9.17, 15) is 0 Å². The Balaban J connectivity index is 2.39. The van der Waals surface area contributed by atoms with Crippen molar-refractivity contribution in [2.24, 2.45) is 5.92 Å². The predicted octanol–water partition coefficient (Wildman–Crippen LogP) is 2.92. The first-order valence-electron chi connectivity index (χ1n) is 4.32. The summed E-state index contributed by atoms with van der Waals surface area (Å²) in [5.74, 6) is 0.246. The Bertz CT molecular complexity index is 256. The van der Waals surface area contributed by atoms with E-state index in [-0.39, 0.29) is 12.5 Å². The molecule has 0 amide bonds. The van der Waals surface area contributed by atoms with Crippen LogP contribution in [0.4, 0.5) is 0 Å². The van der Waals surface area contributed by atoms with E-state index < -0.39 is 0 Å². The van der Waals surface area contributed by atoms with E-state index in [1.54, 1.807) is 11.8 Å². The molecule has 0 radical (unpaired) electrons. The van der Waals surface area contributed by atoms with Crippen LogP contribution in [-0.2, 0) is 0 Å². The zero-order valence-electron chi connectivity index (χ0n) is 7.68. The third-order valence-electron chi connectivity index (χ3n) is 1.64. The summed E-state index contributed by atoms with van der Waals surface area (Å²) in [4.78, 5) is 1.23. The SMILES string of the molecule is C[C@@H](/C=C/Sc1ccccc1)CO. The molecule has 0 aliphatic heterocycles. The molecule has 0 saturated heterocycles. The van der Waals surface area contributed by atoms with Crippen molar-refractivity contribution in [2.75, 3.05) is 6.61 Å². The molecule has 13 heavy (non-hydrogen) atoms. The highest BCUT2D eigenvalue weighted by atomic mass is 32.2. The number of benzene rings is 1. The van der Waals surface area contributed by atoms with Gasteiger partial charge in [0.2, 0.25) is 0 Å². The predicted molar refractivity (Wildman–Crippen MR) is 57.7 cm³/mol. The van der Waals surface area contributed by atoms with Crippen LogP contribution in [0.15, 0.2) is 46.7 Å². The molecule has 70 valence electrons. The molecular formula is C11H14OS. The minimum Gasteiger partial charge on any atom is -0.396 e. The Hall–Kier alpha value is -0.730. The van der Waals surface area contributed by atoms with Gasteiger partial charge in [-0.25, -0.2) is 0 Å². The summed E-state index contributed by atoms with van der Waals surface area (Å²) in [7, 11) is 0. The smallest absolute Gasteiger partial charge is 0.0491 e. The van der Waals surface area contributed by atoms with Crippen LogP contribution in [0.2, 0.25) is 0 Å². The quantitative estimate of drug-likeness (QED) is 0.744. The van der Waals surface area contributed by atoms with Crippen molar-refractivity contribution in [1.29, 1.82) is 0 Å². The first-order valence-corrected chi connectivity index (χ1v) is 5.20. The molecule has 1 aromatic rings. The van der Waals surface area contributed by atoms with Gasteiger partial charge >= 0.3 is 0 Å². The van der Waals surface area contributed by atoms with Crippen LogP contribution >= 0.6 is 11.8 Å². The Morgan fingerprint density at radius 1 is 1.38 bits per heavy atom. The van der Waals surface area contributed by atoms with Crippen molar-refractivity contribution < 1.29 is 5.11 Å². The molecule has 0 heterocycles. The van der Waals surface area contributed by atoms with Crippen LogP contribution in [-0.4, -0.2) is 11.7 Å². The van der Waals surface area contributed by atoms with E-state index in [0.717, 1.165) is 0 Å². The average molecular weight is 194 g/mol. The van der Waals surface area contributed by atoms with Gasteiger partial charge in [0, 0.05) is 11.5 Å². The summed E-state index contributed by atoms with van der Waals surface area (Å²) in [6.07, 6.45) is 2.01. The molecule has 0 bridgehead atoms. The van der Waals surface area contributed by atoms with Gasteiger partial charge in [-0.2, -0.15) is 0 Å². The van der Waals surface area contributed by atoms with Gasteiger partial charge in [-0.05, 0) is 23.5 Å². The van der Waals surface area contributed by atoms with Crippen molar-refractivity contribution in [1.82, 2.24) is 0 Å². The number of hydrogen-bond donors (Lipinski definition) is 1. The van der Waals surface area contributed by atoms with E-state index in [2.05, 4.69) is 12.1 Å². The fraction of sp³-hybridized carbons (Fsp3) is 0.273. The van der Waals surface area contributed by atoms with E-state index in [1.807, 2.05) is 36.6 Å². The second-order valence-corrected chi connectivity index (χ2v) is 3.90. The van der Waals surface area contributed by atoms with Crippen LogP contribution in [0.5, 0.6) is 0 Å². The minimum absolute atomic E-state index is 0.214. The Morgan fingerprint density at radius 3 is 2.69 bits per heavy atom. The highest BCUT2D eigenvalue weighted by Gasteiger charge is 1.92. The van der Waals surface area contributed by atoms with Gasteiger partial charge in [0.15, 0.2) is 0 Å². The summed E-state index contributed by atoms with van der Waals surface area (Å²) in [5, 5.41) is 10.8. The number of aliphatic hydroxyl groups excluding tert-OH is 1. The third-order valence-corrected chi connectivity index (χ3v) is 2.48. The monoisotopic (exact) mass is 194 g/mol. The molecule has 0 saturated carbocycles. The van der Waals surface area contributed by atoms with Crippen molar-refractivity contribution in [3.8, 4) is 0 Å². The largest absolute Gasteiger partial charge is 0.396 e. The Labute approximate surface area is 83.5 Å². The van der Waals surface area contributed by atoms with E-state index in [0.29, 0.717) is 0 Å². The molecule has 1 N–H and O–H groups in total. The fourth-order valence-corrected chi connectivity index (χ4v) is 1.63. The average Bonchev–Trinajstić information content (AvgIpc) is 2.19. The van der Waals surface area contributed by atoms with Crippen molar-refractivity contribution >= 4 is 11.8 Å². The molecule has 0 spiro atoms. The van der Waals surface area contributed by atoms with E-state index in [4.69, 9.17) is 5.11 Å². The Kier molecular flexibility index (Phi) is 4.65. The molecule has 0 fully saturated rings. The van der Waals surface area contributed by atoms with Gasteiger partial charge in [-0.3, -0.25) is 0 Å². The molecule has 0 unspecified atom stereocenters. The van der Waals surface area contributed by atoms with Gasteiger partial charge in [-0.15, -0.1) is 0 Å². The minimum atomic E-state index is 0.214. The molecule has 1 atom stereocenters. The summed E-state index contributed by atoms with van der Waals surface area (Å²) in [6, 6.07) is 10.2. The van der Waals surface area contributed by atoms with Crippen LogP contribution in [0.1, 0.15) is 6.92 Å². The lowest BCUT2D eigenvalue weighted by atomic mass is 10.2. The summed E-state index contributed by atoms with van der Waals surface area (Å²) in [6.45, 7) is 2.20. The fourth-order valence-electron chi connectivity index (χ4n) is 0.812. The molecular weight excluding hydrogens is 180 g/mol. The van der Waals surface area contributed by atoms with Gasteiger partial charge in [0.1, 0.15) is 0 Å². The van der Waals surface area contributed by atoms with Crippen molar-refractivity contribution in [2.45, 2.75) is 11.8 Å². The highest BCUT2D eigenvalue weighted by Crippen LogP contribution is 2.18.